The van der Waals surface area contributed by atoms with E-state index in [9.17, 15) is 4.79 Å². The SMILES string of the molecule is COCCN(Cc1ccco1)C(=O)CSc1ccc2c(c1)CCC2. The molecule has 1 amide bonds. The van der Waals surface area contributed by atoms with Gasteiger partial charge in [0.15, 0.2) is 0 Å². The molecule has 0 radical (unpaired) electrons. The molecule has 1 aliphatic rings. The summed E-state index contributed by atoms with van der Waals surface area (Å²) in [6, 6.07) is 10.3. The van der Waals surface area contributed by atoms with Gasteiger partial charge in [-0.05, 0) is 54.7 Å². The quantitative estimate of drug-likeness (QED) is 0.687. The monoisotopic (exact) mass is 345 g/mol. The van der Waals surface area contributed by atoms with Gasteiger partial charge in [0.25, 0.3) is 0 Å². The van der Waals surface area contributed by atoms with Crippen LogP contribution in [0.15, 0.2) is 45.9 Å². The number of aryl methyl sites for hydroxylation is 2. The van der Waals surface area contributed by atoms with E-state index in [2.05, 4.69) is 18.2 Å². The summed E-state index contributed by atoms with van der Waals surface area (Å²) in [5.74, 6) is 1.33. The number of hydrogen-bond donors (Lipinski definition) is 0. The largest absolute Gasteiger partial charge is 0.467 e. The lowest BCUT2D eigenvalue weighted by Crippen LogP contribution is -2.34. The van der Waals surface area contributed by atoms with Gasteiger partial charge in [-0.1, -0.05) is 6.07 Å². The minimum absolute atomic E-state index is 0.106. The van der Waals surface area contributed by atoms with Crippen molar-refractivity contribution in [3.8, 4) is 0 Å². The van der Waals surface area contributed by atoms with Crippen molar-refractivity contribution >= 4 is 17.7 Å². The van der Waals surface area contributed by atoms with E-state index < -0.39 is 0 Å². The predicted molar refractivity (Wildman–Crippen MR) is 95.2 cm³/mol. The zero-order valence-electron chi connectivity index (χ0n) is 14.0. The van der Waals surface area contributed by atoms with Crippen molar-refractivity contribution in [3.05, 3.63) is 53.5 Å². The maximum absolute atomic E-state index is 12.6. The molecule has 1 aromatic carbocycles. The highest BCUT2D eigenvalue weighted by Crippen LogP contribution is 2.27. The lowest BCUT2D eigenvalue weighted by molar-refractivity contribution is -0.129. The first kappa shape index (κ1) is 17.1. The third-order valence-corrected chi connectivity index (χ3v) is 5.26. The number of benzene rings is 1. The van der Waals surface area contributed by atoms with Crippen molar-refractivity contribution in [1.82, 2.24) is 4.90 Å². The molecule has 0 N–H and O–H groups in total. The topological polar surface area (TPSA) is 42.7 Å². The summed E-state index contributed by atoms with van der Waals surface area (Å²) in [5, 5.41) is 0. The zero-order valence-corrected chi connectivity index (χ0v) is 14.8. The van der Waals surface area contributed by atoms with Gasteiger partial charge in [-0.3, -0.25) is 4.79 Å². The van der Waals surface area contributed by atoms with E-state index in [0.29, 0.717) is 25.4 Å². The van der Waals surface area contributed by atoms with Gasteiger partial charge < -0.3 is 14.1 Å². The summed E-state index contributed by atoms with van der Waals surface area (Å²) >= 11 is 1.61. The molecule has 4 nitrogen and oxygen atoms in total. The highest BCUT2D eigenvalue weighted by atomic mass is 32.2. The van der Waals surface area contributed by atoms with Crippen LogP contribution in [0.3, 0.4) is 0 Å². The minimum Gasteiger partial charge on any atom is -0.467 e. The predicted octanol–water partition coefficient (Wildman–Crippen LogP) is 3.54. The number of amides is 1. The molecule has 0 aliphatic heterocycles. The third kappa shape index (κ3) is 4.42. The lowest BCUT2D eigenvalue weighted by Gasteiger charge is -2.21. The van der Waals surface area contributed by atoms with E-state index in [-0.39, 0.29) is 5.91 Å². The van der Waals surface area contributed by atoms with E-state index in [4.69, 9.17) is 9.15 Å². The van der Waals surface area contributed by atoms with Gasteiger partial charge in [0, 0.05) is 18.6 Å². The average molecular weight is 345 g/mol. The van der Waals surface area contributed by atoms with Gasteiger partial charge in [-0.15, -0.1) is 11.8 Å². The van der Waals surface area contributed by atoms with Gasteiger partial charge in [-0.25, -0.2) is 0 Å². The molecule has 1 heterocycles. The second kappa shape index (κ2) is 8.40. The van der Waals surface area contributed by atoms with Gasteiger partial charge in [0.05, 0.1) is 25.2 Å². The van der Waals surface area contributed by atoms with Gasteiger partial charge >= 0.3 is 0 Å². The van der Waals surface area contributed by atoms with Crippen molar-refractivity contribution in [3.63, 3.8) is 0 Å². The van der Waals surface area contributed by atoms with Crippen LogP contribution in [0.25, 0.3) is 0 Å². The van der Waals surface area contributed by atoms with Crippen molar-refractivity contribution in [2.24, 2.45) is 0 Å². The van der Waals surface area contributed by atoms with Crippen LogP contribution in [0.2, 0.25) is 0 Å². The molecule has 3 rings (SSSR count). The number of methoxy groups -OCH3 is 1. The maximum atomic E-state index is 12.6. The Labute approximate surface area is 147 Å². The Morgan fingerprint density at radius 2 is 2.17 bits per heavy atom. The Hall–Kier alpha value is -1.72. The Morgan fingerprint density at radius 3 is 2.96 bits per heavy atom. The Morgan fingerprint density at radius 1 is 1.29 bits per heavy atom. The molecule has 0 atom stereocenters. The highest BCUT2D eigenvalue weighted by Gasteiger charge is 2.16. The van der Waals surface area contributed by atoms with Crippen molar-refractivity contribution < 1.29 is 13.9 Å². The lowest BCUT2D eigenvalue weighted by atomic mass is 10.1. The normalized spacial score (nSPS) is 13.0. The van der Waals surface area contributed by atoms with Crippen LogP contribution in [-0.4, -0.2) is 36.8 Å². The minimum atomic E-state index is 0.106. The van der Waals surface area contributed by atoms with Gasteiger partial charge in [-0.2, -0.15) is 0 Å². The van der Waals surface area contributed by atoms with E-state index >= 15 is 0 Å². The molecule has 128 valence electrons. The summed E-state index contributed by atoms with van der Waals surface area (Å²) in [4.78, 5) is 15.6. The van der Waals surface area contributed by atoms with Crippen LogP contribution in [0.4, 0.5) is 0 Å². The Balaban J connectivity index is 1.58. The molecule has 1 aliphatic carbocycles. The van der Waals surface area contributed by atoms with Crippen molar-refractivity contribution in [2.45, 2.75) is 30.7 Å². The summed E-state index contributed by atoms with van der Waals surface area (Å²) in [6.45, 7) is 1.58. The molecular formula is C19H23NO3S. The molecule has 0 saturated heterocycles. The number of furan rings is 1. The van der Waals surface area contributed by atoms with E-state index in [1.165, 1.54) is 28.9 Å². The summed E-state index contributed by atoms with van der Waals surface area (Å²) in [5.41, 5.74) is 2.91. The van der Waals surface area contributed by atoms with Crippen LogP contribution in [0, 0.1) is 0 Å². The van der Waals surface area contributed by atoms with Crippen molar-refractivity contribution in [2.75, 3.05) is 26.0 Å². The summed E-state index contributed by atoms with van der Waals surface area (Å²) < 4.78 is 10.5. The first-order valence-corrected chi connectivity index (χ1v) is 9.28. The summed E-state index contributed by atoms with van der Waals surface area (Å²) in [7, 11) is 1.65. The first-order valence-electron chi connectivity index (χ1n) is 8.30. The first-order chi connectivity index (χ1) is 11.8. The number of fused-ring (bicyclic) bond motifs is 1. The Kier molecular flexibility index (Phi) is 5.99. The fourth-order valence-electron chi connectivity index (χ4n) is 2.96. The van der Waals surface area contributed by atoms with Crippen LogP contribution >= 0.6 is 11.8 Å². The number of ether oxygens (including phenoxy) is 1. The van der Waals surface area contributed by atoms with Crippen LogP contribution in [-0.2, 0) is 28.9 Å². The molecular weight excluding hydrogens is 322 g/mol. The van der Waals surface area contributed by atoms with E-state index in [0.717, 1.165) is 12.2 Å². The molecule has 0 unspecified atom stereocenters. The van der Waals surface area contributed by atoms with Gasteiger partial charge in [0.2, 0.25) is 5.91 Å². The molecule has 24 heavy (non-hydrogen) atoms. The number of carbonyl (C=O) groups excluding carboxylic acids is 1. The van der Waals surface area contributed by atoms with Crippen LogP contribution in [0.1, 0.15) is 23.3 Å². The number of thioether (sulfide) groups is 1. The fraction of sp³-hybridized carbons (Fsp3) is 0.421. The second-order valence-corrected chi connectivity index (χ2v) is 7.01. The number of carbonyl (C=O) groups is 1. The van der Waals surface area contributed by atoms with E-state index in [1.54, 1.807) is 30.0 Å². The maximum Gasteiger partial charge on any atom is 0.233 e. The van der Waals surface area contributed by atoms with Crippen molar-refractivity contribution in [1.29, 1.82) is 0 Å². The molecule has 0 bridgehead atoms. The van der Waals surface area contributed by atoms with Gasteiger partial charge in [0.1, 0.15) is 5.76 Å². The number of hydrogen-bond acceptors (Lipinski definition) is 4. The summed E-state index contributed by atoms with van der Waals surface area (Å²) in [6.07, 6.45) is 5.23. The zero-order chi connectivity index (χ0) is 16.8. The molecule has 1 aromatic heterocycles. The standard InChI is InChI=1S/C19H23NO3S/c1-22-11-9-20(13-17-6-3-10-23-17)19(21)14-24-18-8-7-15-4-2-5-16(15)12-18/h3,6-8,10,12H,2,4-5,9,11,13-14H2,1H3. The molecule has 2 aromatic rings. The van der Waals surface area contributed by atoms with Crippen LogP contribution < -0.4 is 0 Å². The van der Waals surface area contributed by atoms with Crippen LogP contribution in [0.5, 0.6) is 0 Å². The number of rotatable bonds is 8. The Bertz CT molecular complexity index is 669. The molecule has 0 fully saturated rings. The third-order valence-electron chi connectivity index (χ3n) is 4.28. The van der Waals surface area contributed by atoms with E-state index in [1.807, 2.05) is 12.1 Å². The molecule has 0 saturated carbocycles. The average Bonchev–Trinajstić information content (AvgIpc) is 3.27. The molecule has 0 spiro atoms. The number of nitrogens with zero attached hydrogens (tertiary/aromatic N) is 1. The fourth-order valence-corrected chi connectivity index (χ4v) is 3.82. The highest BCUT2D eigenvalue weighted by molar-refractivity contribution is 8.00. The second-order valence-electron chi connectivity index (χ2n) is 5.96. The smallest absolute Gasteiger partial charge is 0.233 e. The molecule has 5 heteroatoms.